The number of hydrogen-bond acceptors (Lipinski definition) is 7. The molecule has 1 N–H and O–H groups in total. The summed E-state index contributed by atoms with van der Waals surface area (Å²) in [5.41, 5.74) is 0. The van der Waals surface area contributed by atoms with Crippen molar-refractivity contribution in [2.24, 2.45) is 0 Å². The molecule has 7 heteroatoms. The number of aromatic nitrogens is 2. The highest BCUT2D eigenvalue weighted by Gasteiger charge is 2.17. The van der Waals surface area contributed by atoms with Gasteiger partial charge in [-0.25, -0.2) is 9.97 Å². The molecular weight excluding hydrogens is 260 g/mol. The summed E-state index contributed by atoms with van der Waals surface area (Å²) in [7, 11) is 0. The van der Waals surface area contributed by atoms with Gasteiger partial charge < -0.3 is 24.4 Å². The molecule has 106 valence electrons. The van der Waals surface area contributed by atoms with Crippen LogP contribution in [-0.2, 0) is 9.47 Å². The maximum atomic E-state index is 5.69. The Hall–Kier alpha value is -2.28. The highest BCUT2D eigenvalue weighted by molar-refractivity contribution is 5.48. The molecule has 3 heterocycles. The zero-order valence-electron chi connectivity index (χ0n) is 11.0. The molecule has 0 spiro atoms. The van der Waals surface area contributed by atoms with Gasteiger partial charge in [0.15, 0.2) is 18.2 Å². The molecular formula is C13H16N4O3. The number of piperazine rings is 1. The summed E-state index contributed by atoms with van der Waals surface area (Å²) in [5, 5.41) is 3.30. The first-order valence-corrected chi connectivity index (χ1v) is 6.49. The summed E-state index contributed by atoms with van der Waals surface area (Å²) in [4.78, 5) is 10.8. The molecule has 0 radical (unpaired) electrons. The first kappa shape index (κ1) is 12.7. The van der Waals surface area contributed by atoms with Gasteiger partial charge in [-0.2, -0.15) is 0 Å². The number of nitrogens with one attached hydrogen (secondary N) is 1. The molecule has 3 rings (SSSR count). The van der Waals surface area contributed by atoms with Gasteiger partial charge in [0, 0.05) is 38.6 Å². The maximum absolute atomic E-state index is 5.69. The molecule has 1 fully saturated rings. The molecule has 2 aliphatic heterocycles. The van der Waals surface area contributed by atoms with Crippen molar-refractivity contribution in [1.29, 1.82) is 0 Å². The first-order valence-electron chi connectivity index (χ1n) is 6.49. The van der Waals surface area contributed by atoms with Gasteiger partial charge in [-0.3, -0.25) is 0 Å². The van der Waals surface area contributed by atoms with Crippen LogP contribution in [0.25, 0.3) is 0 Å². The summed E-state index contributed by atoms with van der Waals surface area (Å²) < 4.78 is 15.9. The monoisotopic (exact) mass is 276 g/mol. The van der Waals surface area contributed by atoms with Crippen LogP contribution in [-0.4, -0.2) is 42.8 Å². The zero-order chi connectivity index (χ0) is 13.6. The van der Waals surface area contributed by atoms with Crippen LogP contribution < -0.4 is 15.0 Å². The number of ether oxygens (including phenoxy) is 3. The molecule has 1 aromatic rings. The lowest BCUT2D eigenvalue weighted by Crippen LogP contribution is -2.44. The van der Waals surface area contributed by atoms with Gasteiger partial charge in [-0.15, -0.1) is 0 Å². The molecule has 1 aromatic heterocycles. The maximum Gasteiger partial charge on any atom is 0.258 e. The normalized spacial score (nSPS) is 18.0. The fourth-order valence-electron chi connectivity index (χ4n) is 2.01. The molecule has 7 nitrogen and oxygen atoms in total. The highest BCUT2D eigenvalue weighted by Crippen LogP contribution is 2.23. The molecule has 2 aliphatic rings. The predicted octanol–water partition coefficient (Wildman–Crippen LogP) is 0.624. The van der Waals surface area contributed by atoms with Crippen molar-refractivity contribution in [1.82, 2.24) is 15.3 Å². The Balaban J connectivity index is 1.67. The van der Waals surface area contributed by atoms with Gasteiger partial charge in [0.05, 0.1) is 0 Å². The minimum absolute atomic E-state index is 0.252. The van der Waals surface area contributed by atoms with Gasteiger partial charge in [-0.05, 0) is 0 Å². The van der Waals surface area contributed by atoms with Crippen LogP contribution in [0.5, 0.6) is 5.88 Å². The van der Waals surface area contributed by atoms with Gasteiger partial charge in [0.1, 0.15) is 18.8 Å². The number of anilines is 1. The quantitative estimate of drug-likeness (QED) is 0.864. The summed E-state index contributed by atoms with van der Waals surface area (Å²) in [5.74, 6) is 1.86. The van der Waals surface area contributed by atoms with E-state index in [0.717, 1.165) is 32.0 Å². The molecule has 1 saturated heterocycles. The van der Waals surface area contributed by atoms with E-state index < -0.39 is 0 Å². The number of nitrogens with zero attached hydrogens (tertiary/aromatic N) is 3. The summed E-state index contributed by atoms with van der Waals surface area (Å²) in [6.45, 7) is 3.90. The van der Waals surface area contributed by atoms with Crippen molar-refractivity contribution in [3.05, 3.63) is 36.9 Å². The average molecular weight is 276 g/mol. The molecule has 0 saturated carbocycles. The first-order chi connectivity index (χ1) is 9.93. The third-order valence-corrected chi connectivity index (χ3v) is 2.97. The van der Waals surface area contributed by atoms with E-state index in [1.54, 1.807) is 12.4 Å². The SMILES string of the molecule is C1=COC(COc2nccnc2N2CCNCC2)=CO1. The van der Waals surface area contributed by atoms with Crippen LogP contribution in [0.3, 0.4) is 0 Å². The van der Waals surface area contributed by atoms with Crippen LogP contribution in [0.15, 0.2) is 36.9 Å². The lowest BCUT2D eigenvalue weighted by atomic mass is 10.3. The van der Waals surface area contributed by atoms with Crippen molar-refractivity contribution in [3.63, 3.8) is 0 Å². The van der Waals surface area contributed by atoms with E-state index in [-0.39, 0.29) is 6.61 Å². The third kappa shape index (κ3) is 3.00. The summed E-state index contributed by atoms with van der Waals surface area (Å²) in [6, 6.07) is 0. The van der Waals surface area contributed by atoms with Crippen molar-refractivity contribution in [2.45, 2.75) is 0 Å². The van der Waals surface area contributed by atoms with Crippen molar-refractivity contribution in [2.75, 3.05) is 37.7 Å². The standard InChI is InChI=1S/C13H16N4O3/c1-2-16-13(20-10-11-9-18-7-8-19-11)12(15-1)17-5-3-14-4-6-17/h1-2,7-9,14H,3-6,10H2. The predicted molar refractivity (Wildman–Crippen MR) is 72.0 cm³/mol. The number of rotatable bonds is 4. The largest absolute Gasteiger partial charge is 0.467 e. The number of hydrogen-bond donors (Lipinski definition) is 1. The second-order valence-electron chi connectivity index (χ2n) is 4.32. The van der Waals surface area contributed by atoms with E-state index in [0.29, 0.717) is 11.6 Å². The van der Waals surface area contributed by atoms with Crippen LogP contribution >= 0.6 is 0 Å². The van der Waals surface area contributed by atoms with Crippen molar-refractivity contribution < 1.29 is 14.2 Å². The second kappa shape index (κ2) is 6.25. The van der Waals surface area contributed by atoms with E-state index in [1.165, 1.54) is 18.8 Å². The van der Waals surface area contributed by atoms with E-state index >= 15 is 0 Å². The Morgan fingerprint density at radius 1 is 1.20 bits per heavy atom. The van der Waals surface area contributed by atoms with Crippen LogP contribution in [0.2, 0.25) is 0 Å². The third-order valence-electron chi connectivity index (χ3n) is 2.97. The topological polar surface area (TPSA) is 68.7 Å². The van der Waals surface area contributed by atoms with Gasteiger partial charge in [0.25, 0.3) is 5.88 Å². The molecule has 20 heavy (non-hydrogen) atoms. The molecule has 0 amide bonds. The molecule has 0 unspecified atom stereocenters. The van der Waals surface area contributed by atoms with Gasteiger partial charge in [0.2, 0.25) is 0 Å². The Kier molecular flexibility index (Phi) is 3.98. The fourth-order valence-corrected chi connectivity index (χ4v) is 2.01. The van der Waals surface area contributed by atoms with E-state index in [2.05, 4.69) is 20.2 Å². The zero-order valence-corrected chi connectivity index (χ0v) is 11.0. The van der Waals surface area contributed by atoms with Crippen LogP contribution in [0.1, 0.15) is 0 Å². The Morgan fingerprint density at radius 3 is 2.85 bits per heavy atom. The molecule has 0 aromatic carbocycles. The fraction of sp³-hybridized carbons (Fsp3) is 0.385. The Labute approximate surface area is 116 Å². The average Bonchev–Trinajstić information content (AvgIpc) is 2.55. The summed E-state index contributed by atoms with van der Waals surface area (Å²) >= 11 is 0. The lowest BCUT2D eigenvalue weighted by Gasteiger charge is -2.29. The van der Waals surface area contributed by atoms with E-state index in [4.69, 9.17) is 14.2 Å². The smallest absolute Gasteiger partial charge is 0.258 e. The summed E-state index contributed by atoms with van der Waals surface area (Å²) in [6.07, 6.45) is 7.71. The van der Waals surface area contributed by atoms with Crippen molar-refractivity contribution in [3.8, 4) is 5.88 Å². The molecule has 0 aliphatic carbocycles. The minimum atomic E-state index is 0.252. The lowest BCUT2D eigenvalue weighted by molar-refractivity contribution is 0.200. The van der Waals surface area contributed by atoms with Crippen LogP contribution in [0, 0.1) is 0 Å². The Bertz CT molecular complexity index is 512. The Morgan fingerprint density at radius 2 is 2.05 bits per heavy atom. The highest BCUT2D eigenvalue weighted by atomic mass is 16.6. The van der Waals surface area contributed by atoms with Crippen LogP contribution in [0.4, 0.5) is 5.82 Å². The van der Waals surface area contributed by atoms with E-state index in [1.807, 2.05) is 0 Å². The molecule has 0 bridgehead atoms. The second-order valence-corrected chi connectivity index (χ2v) is 4.32. The minimum Gasteiger partial charge on any atom is -0.467 e. The van der Waals surface area contributed by atoms with E-state index in [9.17, 15) is 0 Å². The van der Waals surface area contributed by atoms with Crippen molar-refractivity contribution >= 4 is 5.82 Å². The molecule has 0 atom stereocenters. The van der Waals surface area contributed by atoms with Gasteiger partial charge in [-0.1, -0.05) is 0 Å². The van der Waals surface area contributed by atoms with Gasteiger partial charge >= 0.3 is 0 Å².